The summed E-state index contributed by atoms with van der Waals surface area (Å²) in [5.74, 6) is 0.0759. The third-order valence-electron chi connectivity index (χ3n) is 5.32. The van der Waals surface area contributed by atoms with Crippen LogP contribution in [-0.4, -0.2) is 35.7 Å². The highest BCUT2D eigenvalue weighted by Gasteiger charge is 2.27. The lowest BCUT2D eigenvalue weighted by Crippen LogP contribution is -2.34. The third-order valence-corrected chi connectivity index (χ3v) is 8.28. The highest BCUT2D eigenvalue weighted by molar-refractivity contribution is 7.93. The molecular weight excluding hydrogens is 474 g/mol. The minimum Gasteiger partial charge on any atom is -0.378 e. The summed E-state index contributed by atoms with van der Waals surface area (Å²) in [5.41, 5.74) is 3.24. The molecule has 3 aromatic rings. The van der Waals surface area contributed by atoms with Gasteiger partial charge in [0.25, 0.3) is 10.0 Å². The summed E-state index contributed by atoms with van der Waals surface area (Å²) < 4.78 is 54.5. The van der Waals surface area contributed by atoms with Crippen LogP contribution >= 0.6 is 0 Å². The van der Waals surface area contributed by atoms with Crippen LogP contribution in [0.25, 0.3) is 0 Å². The van der Waals surface area contributed by atoms with Crippen molar-refractivity contribution in [3.8, 4) is 0 Å². The van der Waals surface area contributed by atoms with Crippen LogP contribution in [0.5, 0.6) is 0 Å². The Balaban J connectivity index is 2.03. The molecule has 11 heteroatoms. The predicted molar refractivity (Wildman–Crippen MR) is 133 cm³/mol. The van der Waals surface area contributed by atoms with Crippen LogP contribution in [0.2, 0.25) is 0 Å². The maximum Gasteiger partial charge on any atom is 0.264 e. The van der Waals surface area contributed by atoms with Crippen molar-refractivity contribution in [2.24, 2.45) is 5.92 Å². The Hall–Kier alpha value is -2.92. The monoisotopic (exact) mass is 505 g/mol. The van der Waals surface area contributed by atoms with Gasteiger partial charge >= 0.3 is 0 Å². The molecule has 184 valence electrons. The van der Waals surface area contributed by atoms with Gasteiger partial charge in [-0.15, -0.1) is 0 Å². The Morgan fingerprint density at radius 2 is 1.76 bits per heavy atom. The van der Waals surface area contributed by atoms with E-state index in [-0.39, 0.29) is 28.8 Å². The van der Waals surface area contributed by atoms with Crippen molar-refractivity contribution in [2.75, 3.05) is 22.4 Å². The second kappa shape index (κ2) is 10.1. The van der Waals surface area contributed by atoms with Gasteiger partial charge in [0.2, 0.25) is 0 Å². The van der Waals surface area contributed by atoms with E-state index in [2.05, 4.69) is 15.6 Å². The van der Waals surface area contributed by atoms with Gasteiger partial charge in [-0.1, -0.05) is 43.2 Å². The largest absolute Gasteiger partial charge is 0.378 e. The molecule has 0 saturated heterocycles. The number of hydrogen-bond acceptors (Lipinski definition) is 8. The van der Waals surface area contributed by atoms with Crippen molar-refractivity contribution in [3.05, 3.63) is 59.4 Å². The van der Waals surface area contributed by atoms with E-state index >= 15 is 0 Å². The van der Waals surface area contributed by atoms with E-state index in [1.165, 1.54) is 28.8 Å². The first-order valence-corrected chi connectivity index (χ1v) is 14.4. The molecule has 0 amide bonds. The third kappa shape index (κ3) is 5.76. The zero-order valence-corrected chi connectivity index (χ0v) is 21.7. The fourth-order valence-corrected chi connectivity index (χ4v) is 6.06. The summed E-state index contributed by atoms with van der Waals surface area (Å²) in [4.78, 5) is 0.0860. The highest BCUT2D eigenvalue weighted by Crippen LogP contribution is 2.30. The molecule has 0 saturated carbocycles. The SMILES string of the molecule is CCc1ccc(N(CC(C)C)S(=O)(=O)c2ccc(NCc3nonc3C)c(S(C)(=N)=O)c2)cc1. The lowest BCUT2D eigenvalue weighted by molar-refractivity contribution is 0.301. The number of aromatic nitrogens is 2. The second-order valence-electron chi connectivity index (χ2n) is 8.60. The van der Waals surface area contributed by atoms with Gasteiger partial charge in [-0.3, -0.25) is 4.31 Å². The first-order valence-electron chi connectivity index (χ1n) is 10.9. The van der Waals surface area contributed by atoms with Gasteiger partial charge in [0, 0.05) is 12.8 Å². The van der Waals surface area contributed by atoms with Crippen molar-refractivity contribution >= 4 is 31.1 Å². The van der Waals surface area contributed by atoms with Crippen molar-refractivity contribution in [3.63, 3.8) is 0 Å². The van der Waals surface area contributed by atoms with Gasteiger partial charge < -0.3 is 5.32 Å². The van der Waals surface area contributed by atoms with E-state index in [1.54, 1.807) is 19.1 Å². The predicted octanol–water partition coefficient (Wildman–Crippen LogP) is 4.44. The summed E-state index contributed by atoms with van der Waals surface area (Å²) in [6.45, 7) is 8.19. The van der Waals surface area contributed by atoms with Crippen molar-refractivity contribution in [1.82, 2.24) is 10.3 Å². The molecule has 3 rings (SSSR count). The number of anilines is 2. The molecule has 1 unspecified atom stereocenters. The normalized spacial score (nSPS) is 13.6. The molecule has 0 fully saturated rings. The Bertz CT molecular complexity index is 1350. The smallest absolute Gasteiger partial charge is 0.264 e. The van der Waals surface area contributed by atoms with E-state index in [0.717, 1.165) is 12.0 Å². The number of sulfonamides is 1. The van der Waals surface area contributed by atoms with E-state index in [9.17, 15) is 12.6 Å². The van der Waals surface area contributed by atoms with Crippen molar-refractivity contribution < 1.29 is 17.3 Å². The first kappa shape index (κ1) is 25.7. The average Bonchev–Trinajstić information content (AvgIpc) is 3.19. The van der Waals surface area contributed by atoms with Gasteiger partial charge in [0.05, 0.1) is 37.4 Å². The van der Waals surface area contributed by atoms with Crippen LogP contribution in [0.3, 0.4) is 0 Å². The zero-order chi connectivity index (χ0) is 25.1. The highest BCUT2D eigenvalue weighted by atomic mass is 32.2. The summed E-state index contributed by atoms with van der Waals surface area (Å²) in [6, 6.07) is 11.8. The first-order chi connectivity index (χ1) is 15.9. The number of aryl methyl sites for hydroxylation is 2. The van der Waals surface area contributed by atoms with Gasteiger partial charge in [-0.05, 0) is 55.2 Å². The minimum absolute atomic E-state index is 0.0191. The molecule has 0 aliphatic heterocycles. The maximum atomic E-state index is 13.7. The number of hydrogen-bond donors (Lipinski definition) is 2. The molecule has 0 spiro atoms. The molecule has 0 aliphatic carbocycles. The van der Waals surface area contributed by atoms with Gasteiger partial charge in [-0.25, -0.2) is 22.0 Å². The molecule has 1 atom stereocenters. The van der Waals surface area contributed by atoms with Crippen LogP contribution in [0.15, 0.2) is 56.9 Å². The maximum absolute atomic E-state index is 13.7. The molecule has 2 aromatic carbocycles. The molecule has 1 aromatic heterocycles. The van der Waals surface area contributed by atoms with E-state index in [0.29, 0.717) is 22.8 Å². The van der Waals surface area contributed by atoms with Crippen LogP contribution in [0.4, 0.5) is 11.4 Å². The lowest BCUT2D eigenvalue weighted by atomic mass is 10.1. The molecule has 9 nitrogen and oxygen atoms in total. The molecule has 2 N–H and O–H groups in total. The number of rotatable bonds is 10. The van der Waals surface area contributed by atoms with Crippen LogP contribution in [-0.2, 0) is 32.7 Å². The second-order valence-corrected chi connectivity index (χ2v) is 12.6. The van der Waals surface area contributed by atoms with Gasteiger partial charge in [-0.2, -0.15) is 0 Å². The van der Waals surface area contributed by atoms with Crippen LogP contribution < -0.4 is 9.62 Å². The summed E-state index contributed by atoms with van der Waals surface area (Å²) >= 11 is 0. The quantitative estimate of drug-likeness (QED) is 0.417. The van der Waals surface area contributed by atoms with Gasteiger partial charge in [0.15, 0.2) is 0 Å². The lowest BCUT2D eigenvalue weighted by Gasteiger charge is -2.27. The number of benzene rings is 2. The summed E-state index contributed by atoms with van der Waals surface area (Å²) in [7, 11) is -7.22. The molecule has 0 radical (unpaired) electrons. The zero-order valence-electron chi connectivity index (χ0n) is 20.0. The van der Waals surface area contributed by atoms with Crippen LogP contribution in [0.1, 0.15) is 37.7 Å². The van der Waals surface area contributed by atoms with Crippen LogP contribution in [0, 0.1) is 17.6 Å². The Kier molecular flexibility index (Phi) is 7.67. The fraction of sp³-hybridized carbons (Fsp3) is 0.391. The standard InChI is InChI=1S/C23H31N5O4S2/c1-6-18-7-9-19(10-8-18)28(15-16(2)3)34(30,31)20-11-12-21(23(13-20)33(5,24)29)25-14-22-17(4)26-32-27-22/h7-13,16,24-25H,6,14-15H2,1-5H3. The Morgan fingerprint density at radius 3 is 2.29 bits per heavy atom. The van der Waals surface area contributed by atoms with E-state index in [1.807, 2.05) is 32.9 Å². The van der Waals surface area contributed by atoms with Crippen molar-refractivity contribution in [1.29, 1.82) is 4.78 Å². The number of nitrogens with one attached hydrogen (secondary N) is 2. The minimum atomic E-state index is -3.97. The molecule has 0 aliphatic rings. The topological polar surface area (TPSA) is 129 Å². The molecule has 34 heavy (non-hydrogen) atoms. The Morgan fingerprint density at radius 1 is 1.09 bits per heavy atom. The number of nitrogens with zero attached hydrogens (tertiary/aromatic N) is 3. The van der Waals surface area contributed by atoms with E-state index < -0.39 is 19.8 Å². The average molecular weight is 506 g/mol. The molecular formula is C23H31N5O4S2. The van der Waals surface area contributed by atoms with Crippen molar-refractivity contribution in [2.45, 2.75) is 50.5 Å². The Labute approximate surface area is 201 Å². The summed E-state index contributed by atoms with van der Waals surface area (Å²) in [5, 5.41) is 10.6. The molecule has 1 heterocycles. The fourth-order valence-electron chi connectivity index (χ4n) is 3.42. The van der Waals surface area contributed by atoms with Gasteiger partial charge in [0.1, 0.15) is 11.4 Å². The van der Waals surface area contributed by atoms with E-state index in [4.69, 9.17) is 9.41 Å². The molecule has 0 bridgehead atoms. The summed E-state index contributed by atoms with van der Waals surface area (Å²) in [6.07, 6.45) is 2.12.